The fourth-order valence-electron chi connectivity index (χ4n) is 0.588. The van der Waals surface area contributed by atoms with Crippen LogP contribution in [0.5, 0.6) is 0 Å². The summed E-state index contributed by atoms with van der Waals surface area (Å²) in [5.74, 6) is 0. The fraction of sp³-hybridized carbons (Fsp3) is 1.00. The summed E-state index contributed by atoms with van der Waals surface area (Å²) in [5, 5.41) is 0. The van der Waals surface area contributed by atoms with Gasteiger partial charge >= 0.3 is 0 Å². The molecular weight excluding hydrogens is 102 g/mol. The van der Waals surface area contributed by atoms with Crippen molar-refractivity contribution in [1.29, 1.82) is 0 Å². The molecule has 0 aromatic heterocycles. The Bertz CT molecular complexity index is 70.9. The standard InChI is InChI=1S/C6H13NO/c1-5(4-7)8-6-2-3-6/h5-6H,2-4,7H2,1H3/t5-/m1/s1. The van der Waals surface area contributed by atoms with E-state index in [0.29, 0.717) is 12.6 Å². The van der Waals surface area contributed by atoms with E-state index >= 15 is 0 Å². The van der Waals surface area contributed by atoms with Crippen molar-refractivity contribution in [2.24, 2.45) is 5.73 Å². The van der Waals surface area contributed by atoms with Gasteiger partial charge in [0.1, 0.15) is 0 Å². The van der Waals surface area contributed by atoms with Crippen molar-refractivity contribution >= 4 is 0 Å². The van der Waals surface area contributed by atoms with Gasteiger partial charge in [-0.1, -0.05) is 0 Å². The van der Waals surface area contributed by atoms with Crippen molar-refractivity contribution in [1.82, 2.24) is 0 Å². The minimum Gasteiger partial charge on any atom is -0.374 e. The fourth-order valence-corrected chi connectivity index (χ4v) is 0.588. The molecule has 2 nitrogen and oxygen atoms in total. The van der Waals surface area contributed by atoms with Gasteiger partial charge in [0.25, 0.3) is 0 Å². The van der Waals surface area contributed by atoms with Gasteiger partial charge in [-0.25, -0.2) is 0 Å². The molecule has 0 amide bonds. The maximum atomic E-state index is 5.39. The molecule has 0 unspecified atom stereocenters. The van der Waals surface area contributed by atoms with Crippen LogP contribution in [0.3, 0.4) is 0 Å². The molecule has 0 aromatic rings. The third kappa shape index (κ3) is 1.80. The monoisotopic (exact) mass is 115 g/mol. The van der Waals surface area contributed by atoms with Crippen LogP contribution in [0.25, 0.3) is 0 Å². The van der Waals surface area contributed by atoms with Crippen LogP contribution in [-0.2, 0) is 4.74 Å². The summed E-state index contributed by atoms with van der Waals surface area (Å²) in [5.41, 5.74) is 5.32. The van der Waals surface area contributed by atoms with Crippen LogP contribution < -0.4 is 5.73 Å². The van der Waals surface area contributed by atoms with Gasteiger partial charge in [0.05, 0.1) is 12.2 Å². The van der Waals surface area contributed by atoms with Gasteiger partial charge in [-0.05, 0) is 19.8 Å². The van der Waals surface area contributed by atoms with Crippen molar-refractivity contribution in [3.8, 4) is 0 Å². The van der Waals surface area contributed by atoms with Crippen molar-refractivity contribution in [2.75, 3.05) is 6.54 Å². The van der Waals surface area contributed by atoms with Crippen LogP contribution in [0.1, 0.15) is 19.8 Å². The maximum Gasteiger partial charge on any atom is 0.0672 e. The predicted octanol–water partition coefficient (Wildman–Crippen LogP) is 0.513. The lowest BCUT2D eigenvalue weighted by molar-refractivity contribution is 0.0583. The Kier molecular flexibility index (Phi) is 1.86. The highest BCUT2D eigenvalue weighted by Crippen LogP contribution is 2.24. The smallest absolute Gasteiger partial charge is 0.0672 e. The van der Waals surface area contributed by atoms with Crippen LogP contribution in [-0.4, -0.2) is 18.8 Å². The molecule has 48 valence electrons. The van der Waals surface area contributed by atoms with Gasteiger partial charge in [0.2, 0.25) is 0 Å². The summed E-state index contributed by atoms with van der Waals surface area (Å²) in [4.78, 5) is 0. The van der Waals surface area contributed by atoms with Crippen molar-refractivity contribution < 1.29 is 4.74 Å². The number of hydrogen-bond donors (Lipinski definition) is 1. The van der Waals surface area contributed by atoms with Crippen LogP contribution >= 0.6 is 0 Å². The molecule has 0 aromatic carbocycles. The van der Waals surface area contributed by atoms with Gasteiger partial charge < -0.3 is 10.5 Å². The van der Waals surface area contributed by atoms with E-state index in [2.05, 4.69) is 0 Å². The second kappa shape index (κ2) is 2.46. The Labute approximate surface area is 50.0 Å². The lowest BCUT2D eigenvalue weighted by atomic mass is 10.4. The molecule has 0 radical (unpaired) electrons. The second-order valence-corrected chi connectivity index (χ2v) is 2.38. The number of hydrogen-bond acceptors (Lipinski definition) is 2. The molecule has 0 bridgehead atoms. The van der Waals surface area contributed by atoms with E-state index in [4.69, 9.17) is 10.5 Å². The molecular formula is C6H13NO. The van der Waals surface area contributed by atoms with Gasteiger partial charge in [-0.3, -0.25) is 0 Å². The maximum absolute atomic E-state index is 5.39. The Balaban J connectivity index is 1.98. The van der Waals surface area contributed by atoms with Crippen LogP contribution in [0.2, 0.25) is 0 Å². The first-order valence-electron chi connectivity index (χ1n) is 3.18. The molecule has 1 aliphatic rings. The first-order chi connectivity index (χ1) is 3.83. The summed E-state index contributed by atoms with van der Waals surface area (Å²) < 4.78 is 5.39. The Hall–Kier alpha value is -0.0800. The number of nitrogens with two attached hydrogens (primary N) is 1. The molecule has 1 rings (SSSR count). The molecule has 1 saturated carbocycles. The molecule has 8 heavy (non-hydrogen) atoms. The predicted molar refractivity (Wildman–Crippen MR) is 32.6 cm³/mol. The molecule has 1 atom stereocenters. The van der Waals surface area contributed by atoms with E-state index in [9.17, 15) is 0 Å². The molecule has 1 aliphatic carbocycles. The lowest BCUT2D eigenvalue weighted by Gasteiger charge is -2.07. The Morgan fingerprint density at radius 2 is 2.38 bits per heavy atom. The van der Waals surface area contributed by atoms with E-state index in [0.717, 1.165) is 0 Å². The minimum absolute atomic E-state index is 0.266. The zero-order chi connectivity index (χ0) is 5.98. The first-order valence-corrected chi connectivity index (χ1v) is 3.18. The van der Waals surface area contributed by atoms with E-state index in [1.165, 1.54) is 12.8 Å². The summed E-state index contributed by atoms with van der Waals surface area (Å²) in [6, 6.07) is 0. The largest absolute Gasteiger partial charge is 0.374 e. The molecule has 0 saturated heterocycles. The molecule has 0 heterocycles. The third-order valence-corrected chi connectivity index (χ3v) is 1.28. The van der Waals surface area contributed by atoms with Gasteiger partial charge in [0.15, 0.2) is 0 Å². The summed E-state index contributed by atoms with van der Waals surface area (Å²) in [6.07, 6.45) is 3.30. The average molecular weight is 115 g/mol. The van der Waals surface area contributed by atoms with Crippen LogP contribution in [0.4, 0.5) is 0 Å². The normalized spacial score (nSPS) is 23.2. The molecule has 0 aliphatic heterocycles. The summed E-state index contributed by atoms with van der Waals surface area (Å²) >= 11 is 0. The van der Waals surface area contributed by atoms with E-state index < -0.39 is 0 Å². The molecule has 2 N–H and O–H groups in total. The van der Waals surface area contributed by atoms with Crippen molar-refractivity contribution in [2.45, 2.75) is 32.0 Å². The molecule has 1 fully saturated rings. The average Bonchev–Trinajstić information content (AvgIpc) is 2.50. The SMILES string of the molecule is C[C@H](CN)OC1CC1. The van der Waals surface area contributed by atoms with E-state index in [1.54, 1.807) is 0 Å². The summed E-state index contributed by atoms with van der Waals surface area (Å²) in [7, 11) is 0. The highest BCUT2D eigenvalue weighted by Gasteiger charge is 2.23. The third-order valence-electron chi connectivity index (χ3n) is 1.28. The van der Waals surface area contributed by atoms with Crippen molar-refractivity contribution in [3.63, 3.8) is 0 Å². The highest BCUT2D eigenvalue weighted by molar-refractivity contribution is 4.74. The number of rotatable bonds is 3. The number of ether oxygens (including phenoxy) is 1. The Morgan fingerprint density at radius 1 is 1.75 bits per heavy atom. The second-order valence-electron chi connectivity index (χ2n) is 2.38. The lowest BCUT2D eigenvalue weighted by Crippen LogP contribution is -2.20. The Morgan fingerprint density at radius 3 is 2.75 bits per heavy atom. The highest BCUT2D eigenvalue weighted by atomic mass is 16.5. The summed E-state index contributed by atoms with van der Waals surface area (Å²) in [6.45, 7) is 2.66. The quantitative estimate of drug-likeness (QED) is 0.581. The van der Waals surface area contributed by atoms with Crippen molar-refractivity contribution in [3.05, 3.63) is 0 Å². The molecule has 2 heteroatoms. The topological polar surface area (TPSA) is 35.2 Å². The molecule has 0 spiro atoms. The van der Waals surface area contributed by atoms with Crippen LogP contribution in [0, 0.1) is 0 Å². The zero-order valence-electron chi connectivity index (χ0n) is 5.26. The minimum atomic E-state index is 0.266. The van der Waals surface area contributed by atoms with E-state index in [1.807, 2.05) is 6.92 Å². The zero-order valence-corrected chi connectivity index (χ0v) is 5.26. The van der Waals surface area contributed by atoms with Gasteiger partial charge in [-0.15, -0.1) is 0 Å². The van der Waals surface area contributed by atoms with E-state index in [-0.39, 0.29) is 6.10 Å². The first kappa shape index (κ1) is 6.05. The van der Waals surface area contributed by atoms with Crippen LogP contribution in [0.15, 0.2) is 0 Å². The van der Waals surface area contributed by atoms with Gasteiger partial charge in [0, 0.05) is 6.54 Å². The van der Waals surface area contributed by atoms with Gasteiger partial charge in [-0.2, -0.15) is 0 Å².